The van der Waals surface area contributed by atoms with Gasteiger partial charge in [-0.1, -0.05) is 51.1 Å². The Bertz CT molecular complexity index is 882. The van der Waals surface area contributed by atoms with Crippen molar-refractivity contribution in [3.05, 3.63) is 52.0 Å². The fourth-order valence-electron chi connectivity index (χ4n) is 4.33. The van der Waals surface area contributed by atoms with Crippen LogP contribution in [0.1, 0.15) is 37.0 Å². The number of aromatic nitrogens is 1. The van der Waals surface area contributed by atoms with E-state index in [1.165, 1.54) is 16.3 Å². The highest BCUT2D eigenvalue weighted by Crippen LogP contribution is 2.25. The molecule has 0 spiro atoms. The van der Waals surface area contributed by atoms with Crippen LogP contribution in [-0.4, -0.2) is 72.7 Å². The summed E-state index contributed by atoms with van der Waals surface area (Å²) in [5.41, 5.74) is 2.65. The zero-order chi connectivity index (χ0) is 21.8. The molecule has 2 saturated heterocycles. The van der Waals surface area contributed by atoms with Gasteiger partial charge in [0.25, 0.3) is 0 Å². The van der Waals surface area contributed by atoms with E-state index in [4.69, 9.17) is 9.72 Å². The van der Waals surface area contributed by atoms with Gasteiger partial charge in [-0.05, 0) is 5.56 Å². The van der Waals surface area contributed by atoms with Gasteiger partial charge in [0.05, 0.1) is 29.5 Å². The Morgan fingerprint density at radius 2 is 2.03 bits per heavy atom. The number of thiazole rings is 1. The molecule has 8 heteroatoms. The molecule has 0 radical (unpaired) electrons. The molecule has 1 aromatic heterocycles. The van der Waals surface area contributed by atoms with Crippen molar-refractivity contribution < 1.29 is 4.74 Å². The van der Waals surface area contributed by atoms with E-state index in [1.54, 1.807) is 11.3 Å². The minimum atomic E-state index is 0. The van der Waals surface area contributed by atoms with Crippen molar-refractivity contribution in [2.45, 2.75) is 51.3 Å². The van der Waals surface area contributed by atoms with Crippen molar-refractivity contribution in [1.29, 1.82) is 0 Å². The Balaban J connectivity index is 0.00000289. The molecule has 176 valence electrons. The Hall–Kier alpha value is -1.23. The molecule has 3 heterocycles. The molecule has 32 heavy (non-hydrogen) atoms. The van der Waals surface area contributed by atoms with Gasteiger partial charge in [-0.3, -0.25) is 9.89 Å². The van der Waals surface area contributed by atoms with Gasteiger partial charge in [0.2, 0.25) is 0 Å². The van der Waals surface area contributed by atoms with E-state index in [9.17, 15) is 0 Å². The van der Waals surface area contributed by atoms with Crippen LogP contribution in [0.15, 0.2) is 40.7 Å². The van der Waals surface area contributed by atoms with Crippen LogP contribution < -0.4 is 5.32 Å². The van der Waals surface area contributed by atoms with E-state index < -0.39 is 0 Å². The number of hydrogen-bond acceptors (Lipinski definition) is 5. The van der Waals surface area contributed by atoms with E-state index >= 15 is 0 Å². The molecule has 0 amide bonds. The molecular formula is C24H36IN5OS. The quantitative estimate of drug-likeness (QED) is 0.338. The first-order valence-electron chi connectivity index (χ1n) is 11.2. The van der Waals surface area contributed by atoms with Crippen LogP contribution in [0, 0.1) is 0 Å². The lowest BCUT2D eigenvalue weighted by molar-refractivity contribution is -0.0502. The number of likely N-dealkylation sites (tertiary alicyclic amines) is 1. The number of guanidine groups is 1. The molecule has 2 aliphatic heterocycles. The van der Waals surface area contributed by atoms with Crippen LogP contribution in [0.2, 0.25) is 0 Å². The molecule has 2 fully saturated rings. The second-order valence-electron chi connectivity index (χ2n) is 9.44. The molecule has 6 nitrogen and oxygen atoms in total. The van der Waals surface area contributed by atoms with Gasteiger partial charge in [0, 0.05) is 57.0 Å². The van der Waals surface area contributed by atoms with E-state index in [-0.39, 0.29) is 35.5 Å². The number of nitrogens with zero attached hydrogens (tertiary/aromatic N) is 4. The average Bonchev–Trinajstić information content (AvgIpc) is 3.40. The SMILES string of the molecule is CN=C(NCCc1nc(C(C)(C)C)cs1)N1CC2OCCN(Cc3ccccc3)C2C1.I. The van der Waals surface area contributed by atoms with Gasteiger partial charge in [-0.2, -0.15) is 0 Å². The van der Waals surface area contributed by atoms with Gasteiger partial charge in [0.1, 0.15) is 0 Å². The largest absolute Gasteiger partial charge is 0.373 e. The topological polar surface area (TPSA) is 53.0 Å². The first-order chi connectivity index (χ1) is 14.9. The van der Waals surface area contributed by atoms with Crippen LogP contribution in [0.25, 0.3) is 0 Å². The van der Waals surface area contributed by atoms with Gasteiger partial charge in [0.15, 0.2) is 5.96 Å². The Labute approximate surface area is 213 Å². The van der Waals surface area contributed by atoms with Gasteiger partial charge < -0.3 is 15.0 Å². The lowest BCUT2D eigenvalue weighted by atomic mass is 9.93. The standard InChI is InChI=1S/C24H35N5OS.HI/c1-24(2,3)21-17-31-22(27-21)10-11-26-23(25-4)29-15-19-20(16-29)30-13-12-28(19)14-18-8-6-5-7-9-18;/h5-9,17,19-20H,10-16H2,1-4H3,(H,25,26);1H. The third-order valence-corrected chi connectivity index (χ3v) is 7.01. The Morgan fingerprint density at radius 3 is 2.72 bits per heavy atom. The van der Waals surface area contributed by atoms with E-state index in [0.29, 0.717) is 6.04 Å². The number of ether oxygens (including phenoxy) is 1. The van der Waals surface area contributed by atoms with Crippen LogP contribution >= 0.6 is 35.3 Å². The third kappa shape index (κ3) is 6.21. The predicted molar refractivity (Wildman–Crippen MR) is 143 cm³/mol. The molecule has 1 N–H and O–H groups in total. The molecular weight excluding hydrogens is 533 g/mol. The minimum absolute atomic E-state index is 0. The number of hydrogen-bond donors (Lipinski definition) is 1. The summed E-state index contributed by atoms with van der Waals surface area (Å²) in [6.45, 7) is 12.1. The van der Waals surface area contributed by atoms with E-state index in [2.05, 4.69) is 76.6 Å². The summed E-state index contributed by atoms with van der Waals surface area (Å²) in [7, 11) is 1.87. The van der Waals surface area contributed by atoms with Crippen molar-refractivity contribution in [2.75, 3.05) is 39.8 Å². The van der Waals surface area contributed by atoms with Crippen molar-refractivity contribution in [2.24, 2.45) is 4.99 Å². The Morgan fingerprint density at radius 1 is 1.25 bits per heavy atom. The van der Waals surface area contributed by atoms with Crippen LogP contribution in [0.5, 0.6) is 0 Å². The summed E-state index contributed by atoms with van der Waals surface area (Å²) < 4.78 is 6.13. The number of halogens is 1. The van der Waals surface area contributed by atoms with Gasteiger partial charge >= 0.3 is 0 Å². The summed E-state index contributed by atoms with van der Waals surface area (Å²) in [5, 5.41) is 6.92. The number of benzene rings is 1. The second-order valence-corrected chi connectivity index (χ2v) is 10.4. The normalized spacial score (nSPS) is 21.9. The van der Waals surface area contributed by atoms with E-state index in [1.807, 2.05) is 7.05 Å². The lowest BCUT2D eigenvalue weighted by Gasteiger charge is -2.36. The summed E-state index contributed by atoms with van der Waals surface area (Å²) in [6, 6.07) is 11.1. The highest BCUT2D eigenvalue weighted by molar-refractivity contribution is 14.0. The molecule has 4 rings (SSSR count). The summed E-state index contributed by atoms with van der Waals surface area (Å²) in [4.78, 5) is 14.3. The van der Waals surface area contributed by atoms with Crippen LogP contribution in [-0.2, 0) is 23.1 Å². The number of rotatable bonds is 5. The van der Waals surface area contributed by atoms with Crippen molar-refractivity contribution in [1.82, 2.24) is 20.1 Å². The molecule has 2 atom stereocenters. The maximum absolute atomic E-state index is 6.13. The van der Waals surface area contributed by atoms with Crippen molar-refractivity contribution in [3.63, 3.8) is 0 Å². The highest BCUT2D eigenvalue weighted by atomic mass is 127. The zero-order valence-corrected chi connectivity index (χ0v) is 22.7. The number of fused-ring (bicyclic) bond motifs is 1. The average molecular weight is 570 g/mol. The lowest BCUT2D eigenvalue weighted by Crippen LogP contribution is -2.50. The minimum Gasteiger partial charge on any atom is -0.373 e. The maximum Gasteiger partial charge on any atom is 0.193 e. The fraction of sp³-hybridized carbons (Fsp3) is 0.583. The molecule has 1 aromatic carbocycles. The first kappa shape index (κ1) is 25.4. The zero-order valence-electron chi connectivity index (χ0n) is 19.6. The summed E-state index contributed by atoms with van der Waals surface area (Å²) in [5.74, 6) is 0.963. The molecule has 2 unspecified atom stereocenters. The van der Waals surface area contributed by atoms with Crippen LogP contribution in [0.3, 0.4) is 0 Å². The number of nitrogens with one attached hydrogen (secondary N) is 1. The van der Waals surface area contributed by atoms with E-state index in [0.717, 1.165) is 51.7 Å². The van der Waals surface area contributed by atoms with Gasteiger partial charge in [-0.25, -0.2) is 4.98 Å². The van der Waals surface area contributed by atoms with Crippen LogP contribution in [0.4, 0.5) is 0 Å². The summed E-state index contributed by atoms with van der Waals surface area (Å²) >= 11 is 1.75. The van der Waals surface area contributed by atoms with Crippen molar-refractivity contribution in [3.8, 4) is 0 Å². The van der Waals surface area contributed by atoms with Gasteiger partial charge in [-0.15, -0.1) is 35.3 Å². The molecule has 0 bridgehead atoms. The Kier molecular flexibility index (Phi) is 8.94. The van der Waals surface area contributed by atoms with Crippen molar-refractivity contribution >= 4 is 41.3 Å². The predicted octanol–water partition coefficient (Wildman–Crippen LogP) is 3.76. The third-order valence-electron chi connectivity index (χ3n) is 6.10. The number of aliphatic imine (C=N–C) groups is 1. The number of morpholine rings is 1. The second kappa shape index (κ2) is 11.3. The monoisotopic (exact) mass is 569 g/mol. The molecule has 2 aliphatic rings. The maximum atomic E-state index is 6.13. The molecule has 0 aliphatic carbocycles. The fourth-order valence-corrected chi connectivity index (χ4v) is 5.35. The highest BCUT2D eigenvalue weighted by Gasteiger charge is 2.41. The summed E-state index contributed by atoms with van der Waals surface area (Å²) in [6.07, 6.45) is 1.15. The molecule has 0 saturated carbocycles. The first-order valence-corrected chi connectivity index (χ1v) is 12.1. The molecule has 2 aromatic rings. The smallest absolute Gasteiger partial charge is 0.193 e.